The van der Waals surface area contributed by atoms with E-state index in [2.05, 4.69) is 29.3 Å². The summed E-state index contributed by atoms with van der Waals surface area (Å²) in [4.78, 5) is 15.1. The van der Waals surface area contributed by atoms with Gasteiger partial charge in [0.1, 0.15) is 5.75 Å². The van der Waals surface area contributed by atoms with Gasteiger partial charge in [-0.1, -0.05) is 41.9 Å². The molecule has 6 nitrogen and oxygen atoms in total. The van der Waals surface area contributed by atoms with E-state index in [1.165, 1.54) is 5.56 Å². The number of anilines is 1. The zero-order chi connectivity index (χ0) is 20.8. The van der Waals surface area contributed by atoms with Gasteiger partial charge < -0.3 is 20.5 Å². The zero-order valence-electron chi connectivity index (χ0n) is 16.9. The number of amides is 1. The van der Waals surface area contributed by atoms with Gasteiger partial charge in [0.2, 0.25) is 0 Å². The van der Waals surface area contributed by atoms with Crippen LogP contribution >= 0.6 is 11.6 Å². The van der Waals surface area contributed by atoms with Gasteiger partial charge in [-0.2, -0.15) is 0 Å². The first-order valence-corrected chi connectivity index (χ1v) is 10.2. The zero-order valence-corrected chi connectivity index (χ0v) is 17.6. The van der Waals surface area contributed by atoms with Crippen molar-refractivity contribution in [1.82, 2.24) is 10.2 Å². The summed E-state index contributed by atoms with van der Waals surface area (Å²) >= 11 is 6.10. The second kappa shape index (κ2) is 9.96. The predicted molar refractivity (Wildman–Crippen MR) is 115 cm³/mol. The molecule has 1 aliphatic heterocycles. The van der Waals surface area contributed by atoms with E-state index in [1.807, 2.05) is 25.1 Å². The van der Waals surface area contributed by atoms with Crippen LogP contribution in [0.2, 0.25) is 5.02 Å². The molecule has 156 valence electrons. The van der Waals surface area contributed by atoms with Crippen molar-refractivity contribution in [3.63, 3.8) is 0 Å². The van der Waals surface area contributed by atoms with Gasteiger partial charge in [0.25, 0.3) is 5.91 Å². The molecule has 1 aliphatic rings. The number of rotatable bonds is 7. The molecule has 0 radical (unpaired) electrons. The summed E-state index contributed by atoms with van der Waals surface area (Å²) in [6, 6.07) is 13.8. The molecule has 3 rings (SSSR count). The monoisotopic (exact) mass is 417 g/mol. The van der Waals surface area contributed by atoms with E-state index >= 15 is 0 Å². The molecule has 1 heterocycles. The molecule has 3 N–H and O–H groups in total. The van der Waals surface area contributed by atoms with Gasteiger partial charge in [0.05, 0.1) is 35.6 Å². The van der Waals surface area contributed by atoms with Crippen molar-refractivity contribution < 1.29 is 14.3 Å². The van der Waals surface area contributed by atoms with Crippen LogP contribution in [0, 0.1) is 0 Å². The molecule has 0 bridgehead atoms. The number of carbonyl (C=O) groups is 1. The van der Waals surface area contributed by atoms with Crippen LogP contribution in [0.1, 0.15) is 29.8 Å². The highest BCUT2D eigenvalue weighted by Gasteiger charge is 2.27. The molecule has 0 saturated carbocycles. The molecular formula is C22H28ClN3O3. The summed E-state index contributed by atoms with van der Waals surface area (Å²) in [7, 11) is 0. The number of morpholine rings is 1. The second-order valence-electron chi connectivity index (χ2n) is 7.23. The van der Waals surface area contributed by atoms with Gasteiger partial charge >= 0.3 is 0 Å². The molecular weight excluding hydrogens is 390 g/mol. The van der Waals surface area contributed by atoms with E-state index in [-0.39, 0.29) is 12.0 Å². The van der Waals surface area contributed by atoms with Gasteiger partial charge in [-0.05, 0) is 25.5 Å². The Labute approximate surface area is 176 Å². The van der Waals surface area contributed by atoms with Gasteiger partial charge in [-0.15, -0.1) is 0 Å². The Morgan fingerprint density at radius 3 is 2.83 bits per heavy atom. The molecule has 0 unspecified atom stereocenters. The molecule has 0 aromatic heterocycles. The van der Waals surface area contributed by atoms with Crippen LogP contribution < -0.4 is 15.8 Å². The average molecular weight is 418 g/mol. The van der Waals surface area contributed by atoms with E-state index in [9.17, 15) is 4.79 Å². The topological polar surface area (TPSA) is 76.8 Å². The number of hydrogen-bond acceptors (Lipinski definition) is 5. The highest BCUT2D eigenvalue weighted by atomic mass is 35.5. The second-order valence-corrected chi connectivity index (χ2v) is 7.64. The van der Waals surface area contributed by atoms with Crippen molar-refractivity contribution in [3.05, 3.63) is 58.6 Å². The number of benzene rings is 2. The Kier molecular flexibility index (Phi) is 7.36. The lowest BCUT2D eigenvalue weighted by molar-refractivity contribution is -0.0592. The maximum Gasteiger partial charge on any atom is 0.255 e. The van der Waals surface area contributed by atoms with Crippen molar-refractivity contribution in [1.29, 1.82) is 0 Å². The molecule has 0 spiro atoms. The number of nitrogens with two attached hydrogens (primary N) is 1. The summed E-state index contributed by atoms with van der Waals surface area (Å²) in [6.45, 7) is 7.08. The van der Waals surface area contributed by atoms with E-state index < -0.39 is 0 Å². The maximum atomic E-state index is 12.7. The SMILES string of the molecule is CCOc1cc(N)c(Cl)cc1C(=O)NC[C@@H]1CN(Cc2ccccc2)[C@H](C)CO1. The molecule has 1 amide bonds. The minimum atomic E-state index is -0.257. The van der Waals surface area contributed by atoms with E-state index in [4.69, 9.17) is 26.8 Å². The van der Waals surface area contributed by atoms with Gasteiger partial charge in [-0.25, -0.2) is 0 Å². The smallest absolute Gasteiger partial charge is 0.255 e. The fourth-order valence-electron chi connectivity index (χ4n) is 3.36. The Balaban J connectivity index is 1.61. The highest BCUT2D eigenvalue weighted by Crippen LogP contribution is 2.29. The van der Waals surface area contributed by atoms with E-state index in [0.717, 1.165) is 13.1 Å². The van der Waals surface area contributed by atoms with Crippen LogP contribution in [0.25, 0.3) is 0 Å². The molecule has 2 aromatic carbocycles. The third kappa shape index (κ3) is 5.63. The molecule has 1 saturated heterocycles. The Morgan fingerprint density at radius 2 is 2.10 bits per heavy atom. The van der Waals surface area contributed by atoms with Crippen LogP contribution in [0.5, 0.6) is 5.75 Å². The van der Waals surface area contributed by atoms with Crippen molar-refractivity contribution in [2.24, 2.45) is 0 Å². The molecule has 2 atom stereocenters. The minimum Gasteiger partial charge on any atom is -0.493 e. The third-order valence-corrected chi connectivity index (χ3v) is 5.32. The molecule has 29 heavy (non-hydrogen) atoms. The molecule has 2 aromatic rings. The lowest BCUT2D eigenvalue weighted by atomic mass is 10.1. The predicted octanol–water partition coefficient (Wildman–Crippen LogP) is 3.34. The van der Waals surface area contributed by atoms with Crippen LogP contribution in [-0.2, 0) is 11.3 Å². The summed E-state index contributed by atoms with van der Waals surface area (Å²) in [5.74, 6) is 0.169. The summed E-state index contributed by atoms with van der Waals surface area (Å²) < 4.78 is 11.5. The van der Waals surface area contributed by atoms with Crippen LogP contribution in [-0.4, -0.2) is 49.3 Å². The lowest BCUT2D eigenvalue weighted by Gasteiger charge is -2.38. The van der Waals surface area contributed by atoms with Crippen molar-refractivity contribution in [2.75, 3.05) is 32.0 Å². The maximum absolute atomic E-state index is 12.7. The Bertz CT molecular complexity index is 832. The van der Waals surface area contributed by atoms with Gasteiger partial charge in [0, 0.05) is 31.7 Å². The summed E-state index contributed by atoms with van der Waals surface area (Å²) in [5, 5.41) is 3.27. The number of halogens is 1. The van der Waals surface area contributed by atoms with Gasteiger partial charge in [0.15, 0.2) is 0 Å². The van der Waals surface area contributed by atoms with Crippen LogP contribution in [0.3, 0.4) is 0 Å². The lowest BCUT2D eigenvalue weighted by Crippen LogP contribution is -2.51. The number of carbonyl (C=O) groups excluding carboxylic acids is 1. The first-order chi connectivity index (χ1) is 14.0. The fourth-order valence-corrected chi connectivity index (χ4v) is 3.52. The molecule has 1 fully saturated rings. The van der Waals surface area contributed by atoms with E-state index in [1.54, 1.807) is 12.1 Å². The van der Waals surface area contributed by atoms with E-state index in [0.29, 0.717) is 47.8 Å². The summed E-state index contributed by atoms with van der Waals surface area (Å²) in [6.07, 6.45) is -0.0846. The largest absolute Gasteiger partial charge is 0.493 e. The fraction of sp³-hybridized carbons (Fsp3) is 0.409. The van der Waals surface area contributed by atoms with Crippen LogP contribution in [0.15, 0.2) is 42.5 Å². The number of nitrogen functional groups attached to an aromatic ring is 1. The number of ether oxygens (including phenoxy) is 2. The average Bonchev–Trinajstić information content (AvgIpc) is 2.72. The third-order valence-electron chi connectivity index (χ3n) is 5.00. The van der Waals surface area contributed by atoms with Crippen molar-refractivity contribution in [3.8, 4) is 5.75 Å². The minimum absolute atomic E-state index is 0.0846. The first-order valence-electron chi connectivity index (χ1n) is 9.87. The highest BCUT2D eigenvalue weighted by molar-refractivity contribution is 6.33. The normalized spacial score (nSPS) is 19.7. The molecule has 7 heteroatoms. The van der Waals surface area contributed by atoms with Crippen molar-refractivity contribution >= 4 is 23.2 Å². The number of nitrogens with one attached hydrogen (secondary N) is 1. The van der Waals surface area contributed by atoms with Crippen molar-refractivity contribution in [2.45, 2.75) is 32.5 Å². The summed E-state index contributed by atoms with van der Waals surface area (Å²) in [5.41, 5.74) is 7.85. The first kappa shape index (κ1) is 21.4. The molecule has 0 aliphatic carbocycles. The number of hydrogen-bond donors (Lipinski definition) is 2. The number of nitrogens with zero attached hydrogens (tertiary/aromatic N) is 1. The van der Waals surface area contributed by atoms with Gasteiger partial charge in [-0.3, -0.25) is 9.69 Å². The Hall–Kier alpha value is -2.28. The van der Waals surface area contributed by atoms with Crippen LogP contribution in [0.4, 0.5) is 5.69 Å². The Morgan fingerprint density at radius 1 is 1.34 bits per heavy atom. The quantitative estimate of drug-likeness (QED) is 0.675. The standard InChI is InChI=1S/C22H28ClN3O3/c1-3-28-21-10-20(24)19(23)9-18(21)22(27)25-11-17-13-26(15(2)14-29-17)12-16-7-5-4-6-8-16/h4-10,15,17H,3,11-14,24H2,1-2H3,(H,25,27)/t15-,17-/m1/s1.